The van der Waals surface area contributed by atoms with Crippen LogP contribution in [0.3, 0.4) is 0 Å². The highest BCUT2D eigenvalue weighted by atomic mass is 79.9. The summed E-state index contributed by atoms with van der Waals surface area (Å²) in [4.78, 5) is 30.1. The molecule has 0 aliphatic carbocycles. The third kappa shape index (κ3) is 4.56. The quantitative estimate of drug-likeness (QED) is 0.329. The zero-order chi connectivity index (χ0) is 22.3. The minimum absolute atomic E-state index is 0.121. The second-order valence-corrected chi connectivity index (χ2v) is 7.24. The minimum Gasteiger partial charge on any atom is -0.342 e. The molecular formula is C13H4Br2ClF3N4O6. The van der Waals surface area contributed by atoms with Gasteiger partial charge in [0.2, 0.25) is 0 Å². The highest BCUT2D eigenvalue weighted by molar-refractivity contribution is 9.11. The Bertz CT molecular complexity index is 1030. The van der Waals surface area contributed by atoms with E-state index in [4.69, 9.17) is 11.6 Å². The van der Waals surface area contributed by atoms with Gasteiger partial charge in [-0.2, -0.15) is 13.2 Å². The number of hydrogen-bond acceptors (Lipinski definition) is 7. The number of nitro benzene ring substituents is 3. The normalized spacial score (nSPS) is 11.2. The van der Waals surface area contributed by atoms with Crippen LogP contribution in [-0.2, 0) is 6.18 Å². The third-order valence-electron chi connectivity index (χ3n) is 3.39. The van der Waals surface area contributed by atoms with Crippen molar-refractivity contribution in [2.75, 3.05) is 5.32 Å². The van der Waals surface area contributed by atoms with Gasteiger partial charge in [0.15, 0.2) is 5.69 Å². The number of nitrogens with one attached hydrogen (secondary N) is 1. The first-order chi connectivity index (χ1) is 13.3. The van der Waals surface area contributed by atoms with Crippen LogP contribution >= 0.6 is 43.5 Å². The van der Waals surface area contributed by atoms with Gasteiger partial charge in [0, 0.05) is 8.95 Å². The van der Waals surface area contributed by atoms with E-state index < -0.39 is 64.4 Å². The molecule has 0 unspecified atom stereocenters. The lowest BCUT2D eigenvalue weighted by Gasteiger charge is -2.17. The standard InChI is InChI=1S/C13H4Br2ClF3N4O6/c14-5-3-6(15)11(10(16)9(5)13(17,18)19)20-12-7(22(26)27)1-4(21(24)25)2-8(12)23(28)29/h1-3,20H. The van der Waals surface area contributed by atoms with Crippen molar-refractivity contribution in [2.45, 2.75) is 6.18 Å². The molecule has 1 N–H and O–H groups in total. The van der Waals surface area contributed by atoms with Crippen LogP contribution in [0.1, 0.15) is 5.56 Å². The molecule has 2 rings (SSSR count). The van der Waals surface area contributed by atoms with Crippen LogP contribution in [0.4, 0.5) is 41.6 Å². The molecule has 2 aromatic rings. The van der Waals surface area contributed by atoms with Gasteiger partial charge in [-0.05, 0) is 22.0 Å². The van der Waals surface area contributed by atoms with Crippen LogP contribution in [0.5, 0.6) is 0 Å². The Morgan fingerprint density at radius 3 is 1.72 bits per heavy atom. The molecule has 2 aromatic carbocycles. The lowest BCUT2D eigenvalue weighted by Crippen LogP contribution is -2.10. The van der Waals surface area contributed by atoms with Crippen molar-refractivity contribution in [3.8, 4) is 0 Å². The number of benzene rings is 2. The lowest BCUT2D eigenvalue weighted by atomic mass is 10.1. The summed E-state index contributed by atoms with van der Waals surface area (Å²) in [7, 11) is 0. The molecule has 0 radical (unpaired) electrons. The summed E-state index contributed by atoms with van der Waals surface area (Å²) in [6.45, 7) is 0. The largest absolute Gasteiger partial charge is 0.419 e. The van der Waals surface area contributed by atoms with Crippen LogP contribution in [0, 0.1) is 30.3 Å². The van der Waals surface area contributed by atoms with E-state index in [9.17, 15) is 43.5 Å². The topological polar surface area (TPSA) is 141 Å². The average Bonchev–Trinajstić information content (AvgIpc) is 2.55. The highest BCUT2D eigenvalue weighted by Crippen LogP contribution is 2.49. The molecule has 0 bridgehead atoms. The predicted molar refractivity (Wildman–Crippen MR) is 102 cm³/mol. The minimum atomic E-state index is -4.93. The van der Waals surface area contributed by atoms with Crippen molar-refractivity contribution in [2.24, 2.45) is 0 Å². The second kappa shape index (κ2) is 8.08. The van der Waals surface area contributed by atoms with Crippen molar-refractivity contribution in [3.63, 3.8) is 0 Å². The number of halogens is 6. The second-order valence-electron chi connectivity index (χ2n) is 5.16. The predicted octanol–water partition coefficient (Wildman–Crippen LogP) is 6.35. The molecule has 0 heterocycles. The fourth-order valence-corrected chi connectivity index (χ4v) is 4.28. The number of alkyl halides is 3. The van der Waals surface area contributed by atoms with Gasteiger partial charge in [-0.25, -0.2) is 0 Å². The lowest BCUT2D eigenvalue weighted by molar-refractivity contribution is -0.401. The summed E-state index contributed by atoms with van der Waals surface area (Å²) in [6.07, 6.45) is -4.93. The van der Waals surface area contributed by atoms with Gasteiger partial charge < -0.3 is 5.32 Å². The maximum absolute atomic E-state index is 13.3. The molecule has 0 saturated heterocycles. The van der Waals surface area contributed by atoms with Gasteiger partial charge in [0.05, 0.1) is 43.2 Å². The van der Waals surface area contributed by atoms with Crippen molar-refractivity contribution in [3.05, 3.63) is 68.1 Å². The Balaban J connectivity index is 2.83. The molecule has 0 aromatic heterocycles. The molecular weight excluding hydrogens is 560 g/mol. The van der Waals surface area contributed by atoms with E-state index >= 15 is 0 Å². The summed E-state index contributed by atoms with van der Waals surface area (Å²) in [5.41, 5.74) is -5.95. The Kier molecular flexibility index (Phi) is 6.34. The van der Waals surface area contributed by atoms with Gasteiger partial charge in [-0.3, -0.25) is 30.3 Å². The molecule has 0 fully saturated rings. The monoisotopic (exact) mass is 562 g/mol. The third-order valence-corrected chi connectivity index (χ3v) is 5.02. The zero-order valence-electron chi connectivity index (χ0n) is 13.3. The number of nitrogens with zero attached hydrogens (tertiary/aromatic N) is 3. The van der Waals surface area contributed by atoms with Crippen molar-refractivity contribution in [1.82, 2.24) is 0 Å². The van der Waals surface area contributed by atoms with E-state index in [0.29, 0.717) is 12.1 Å². The van der Waals surface area contributed by atoms with Gasteiger partial charge in [-0.15, -0.1) is 0 Å². The summed E-state index contributed by atoms with van der Waals surface area (Å²) >= 11 is 11.4. The van der Waals surface area contributed by atoms with E-state index in [1.54, 1.807) is 0 Å². The summed E-state index contributed by atoms with van der Waals surface area (Å²) < 4.78 is 39.2. The molecule has 0 atom stereocenters. The molecule has 10 nitrogen and oxygen atoms in total. The smallest absolute Gasteiger partial charge is 0.342 e. The summed E-state index contributed by atoms with van der Waals surface area (Å²) in [6, 6.07) is 1.79. The Morgan fingerprint density at radius 1 is 0.862 bits per heavy atom. The fourth-order valence-electron chi connectivity index (χ4n) is 2.21. The van der Waals surface area contributed by atoms with Crippen molar-refractivity contribution < 1.29 is 27.9 Å². The summed E-state index contributed by atoms with van der Waals surface area (Å²) in [5, 5.41) is 34.7. The van der Waals surface area contributed by atoms with Gasteiger partial charge in [-0.1, -0.05) is 27.5 Å². The van der Waals surface area contributed by atoms with Crippen LogP contribution < -0.4 is 5.32 Å². The molecule has 0 amide bonds. The van der Waals surface area contributed by atoms with Crippen LogP contribution in [-0.4, -0.2) is 14.8 Å². The number of nitro groups is 3. The number of rotatable bonds is 5. The molecule has 0 saturated carbocycles. The molecule has 0 aliphatic heterocycles. The van der Waals surface area contributed by atoms with E-state index in [0.717, 1.165) is 6.07 Å². The van der Waals surface area contributed by atoms with Crippen molar-refractivity contribution >= 4 is 71.9 Å². The molecule has 0 spiro atoms. The van der Waals surface area contributed by atoms with Crippen LogP contribution in [0.15, 0.2) is 27.1 Å². The highest BCUT2D eigenvalue weighted by Gasteiger charge is 2.38. The van der Waals surface area contributed by atoms with Crippen LogP contribution in [0.25, 0.3) is 0 Å². The number of non-ortho nitro benzene ring substituents is 1. The van der Waals surface area contributed by atoms with E-state index in [2.05, 4.69) is 37.2 Å². The average molecular weight is 564 g/mol. The maximum Gasteiger partial charge on any atom is 0.419 e. The maximum atomic E-state index is 13.3. The first-order valence-electron chi connectivity index (χ1n) is 6.88. The first kappa shape index (κ1) is 22.8. The SMILES string of the molecule is O=[N+]([O-])c1cc([N+](=O)[O-])c(Nc2c(Br)cc(Br)c(C(F)(F)F)c2Cl)c([N+](=O)[O-])c1. The molecule has 154 valence electrons. The molecule has 29 heavy (non-hydrogen) atoms. The van der Waals surface area contributed by atoms with Gasteiger partial charge >= 0.3 is 17.6 Å². The zero-order valence-corrected chi connectivity index (χ0v) is 17.2. The summed E-state index contributed by atoms with van der Waals surface area (Å²) in [5.74, 6) is 0. The Morgan fingerprint density at radius 2 is 1.34 bits per heavy atom. The van der Waals surface area contributed by atoms with Crippen molar-refractivity contribution in [1.29, 1.82) is 0 Å². The number of anilines is 2. The van der Waals surface area contributed by atoms with Crippen LogP contribution in [0.2, 0.25) is 5.02 Å². The Labute approximate surface area is 179 Å². The van der Waals surface area contributed by atoms with E-state index in [1.165, 1.54) is 0 Å². The molecule has 16 heteroatoms. The fraction of sp³-hybridized carbons (Fsp3) is 0.0769. The first-order valence-corrected chi connectivity index (χ1v) is 8.85. The van der Waals surface area contributed by atoms with E-state index in [1.807, 2.05) is 0 Å². The molecule has 0 aliphatic rings. The number of hydrogen-bond donors (Lipinski definition) is 1. The Hall–Kier alpha value is -2.52. The van der Waals surface area contributed by atoms with E-state index in [-0.39, 0.29) is 4.47 Å². The van der Waals surface area contributed by atoms with Gasteiger partial charge in [0.1, 0.15) is 0 Å². The van der Waals surface area contributed by atoms with Gasteiger partial charge in [0.25, 0.3) is 5.69 Å².